The van der Waals surface area contributed by atoms with E-state index in [1.54, 1.807) is 12.1 Å². The van der Waals surface area contributed by atoms with E-state index in [4.69, 9.17) is 11.6 Å². The number of thiophene rings is 1. The number of halogens is 1. The summed E-state index contributed by atoms with van der Waals surface area (Å²) in [6.45, 7) is 4.35. The van der Waals surface area contributed by atoms with Crippen molar-refractivity contribution in [2.45, 2.75) is 26.4 Å². The minimum Gasteiger partial charge on any atom is -0.391 e. The van der Waals surface area contributed by atoms with E-state index in [1.807, 2.05) is 19.9 Å². The molecule has 1 rings (SSSR count). The van der Waals surface area contributed by atoms with Crippen LogP contribution in [-0.2, 0) is 4.79 Å². The first-order chi connectivity index (χ1) is 8.47. The summed E-state index contributed by atoms with van der Waals surface area (Å²) in [5.41, 5.74) is 0. The highest BCUT2D eigenvalue weighted by Gasteiger charge is 2.07. The van der Waals surface area contributed by atoms with E-state index < -0.39 is 6.10 Å². The molecular weight excluding hydrogens is 270 g/mol. The number of hydrogen-bond donors (Lipinski definition) is 2. The largest absolute Gasteiger partial charge is 0.391 e. The molecule has 0 aliphatic rings. The summed E-state index contributed by atoms with van der Waals surface area (Å²) >= 11 is 7.19. The first-order valence-electron chi connectivity index (χ1n) is 5.86. The van der Waals surface area contributed by atoms with Crippen LogP contribution in [0.2, 0.25) is 4.34 Å². The number of carbonyl (C=O) groups is 1. The van der Waals surface area contributed by atoms with E-state index in [9.17, 15) is 9.90 Å². The maximum absolute atomic E-state index is 11.5. The van der Waals surface area contributed by atoms with Crippen molar-refractivity contribution in [3.05, 3.63) is 27.4 Å². The number of rotatable bonds is 6. The lowest BCUT2D eigenvalue weighted by atomic mass is 10.1. The fourth-order valence-electron chi connectivity index (χ4n) is 1.48. The average Bonchev–Trinajstić information content (AvgIpc) is 2.69. The molecule has 0 saturated carbocycles. The van der Waals surface area contributed by atoms with Crippen molar-refractivity contribution in [3.63, 3.8) is 0 Å². The van der Waals surface area contributed by atoms with Crippen molar-refractivity contribution in [1.82, 2.24) is 5.32 Å². The number of hydrogen-bond acceptors (Lipinski definition) is 3. The van der Waals surface area contributed by atoms with Gasteiger partial charge in [-0.3, -0.25) is 4.79 Å². The molecule has 5 heteroatoms. The highest BCUT2D eigenvalue weighted by atomic mass is 35.5. The van der Waals surface area contributed by atoms with Crippen LogP contribution >= 0.6 is 22.9 Å². The Kier molecular flexibility index (Phi) is 6.39. The van der Waals surface area contributed by atoms with Gasteiger partial charge in [0.2, 0.25) is 5.91 Å². The Bertz CT molecular complexity index is 415. The molecule has 0 bridgehead atoms. The molecule has 1 aromatic heterocycles. The quantitative estimate of drug-likeness (QED) is 0.791. The van der Waals surface area contributed by atoms with Crippen molar-refractivity contribution in [2.24, 2.45) is 5.92 Å². The van der Waals surface area contributed by atoms with E-state index in [1.165, 1.54) is 17.4 Å². The summed E-state index contributed by atoms with van der Waals surface area (Å²) in [5.74, 6) is 0.211. The van der Waals surface area contributed by atoms with Gasteiger partial charge in [-0.2, -0.15) is 0 Å². The SMILES string of the molecule is CC(C)CC(O)CNC(=O)/C=C/c1ccc(Cl)s1. The predicted octanol–water partition coefficient (Wildman–Crippen LogP) is 2.94. The van der Waals surface area contributed by atoms with Crippen LogP contribution in [0.3, 0.4) is 0 Å². The lowest BCUT2D eigenvalue weighted by Gasteiger charge is -2.12. The van der Waals surface area contributed by atoms with E-state index in [-0.39, 0.29) is 12.5 Å². The van der Waals surface area contributed by atoms with E-state index in [2.05, 4.69) is 5.32 Å². The van der Waals surface area contributed by atoms with E-state index >= 15 is 0 Å². The third kappa shape index (κ3) is 6.19. The second-order valence-electron chi connectivity index (χ2n) is 4.50. The van der Waals surface area contributed by atoms with Crippen molar-refractivity contribution >= 4 is 34.9 Å². The van der Waals surface area contributed by atoms with Gasteiger partial charge < -0.3 is 10.4 Å². The van der Waals surface area contributed by atoms with Crippen LogP contribution < -0.4 is 5.32 Å². The molecule has 1 unspecified atom stereocenters. The van der Waals surface area contributed by atoms with Crippen molar-refractivity contribution < 1.29 is 9.90 Å². The minimum absolute atomic E-state index is 0.206. The van der Waals surface area contributed by atoms with Crippen LogP contribution in [0.1, 0.15) is 25.1 Å². The lowest BCUT2D eigenvalue weighted by Crippen LogP contribution is -2.31. The Morgan fingerprint density at radius 3 is 2.83 bits per heavy atom. The summed E-state index contributed by atoms with van der Waals surface area (Å²) in [6.07, 6.45) is 3.36. The minimum atomic E-state index is -0.487. The van der Waals surface area contributed by atoms with Gasteiger partial charge in [-0.1, -0.05) is 25.4 Å². The van der Waals surface area contributed by atoms with Crippen molar-refractivity contribution in [2.75, 3.05) is 6.54 Å². The molecule has 18 heavy (non-hydrogen) atoms. The third-order valence-electron chi connectivity index (χ3n) is 2.25. The zero-order valence-corrected chi connectivity index (χ0v) is 12.1. The number of aliphatic hydroxyl groups is 1. The highest BCUT2D eigenvalue weighted by molar-refractivity contribution is 7.17. The second kappa shape index (κ2) is 7.56. The molecule has 0 aliphatic carbocycles. The van der Waals surface area contributed by atoms with Gasteiger partial charge in [-0.15, -0.1) is 11.3 Å². The second-order valence-corrected chi connectivity index (χ2v) is 6.25. The molecule has 0 saturated heterocycles. The Balaban J connectivity index is 2.31. The first kappa shape index (κ1) is 15.2. The number of aliphatic hydroxyl groups excluding tert-OH is 1. The molecule has 1 atom stereocenters. The van der Waals surface area contributed by atoms with Gasteiger partial charge in [0.1, 0.15) is 0 Å². The maximum atomic E-state index is 11.5. The van der Waals surface area contributed by atoms with Gasteiger partial charge in [0.25, 0.3) is 0 Å². The molecule has 0 aromatic carbocycles. The Labute approximate surface area is 116 Å². The van der Waals surface area contributed by atoms with E-state index in [0.29, 0.717) is 16.7 Å². The fraction of sp³-hybridized carbons (Fsp3) is 0.462. The van der Waals surface area contributed by atoms with Gasteiger partial charge in [-0.05, 0) is 30.5 Å². The van der Waals surface area contributed by atoms with Gasteiger partial charge in [0.05, 0.1) is 10.4 Å². The van der Waals surface area contributed by atoms with Gasteiger partial charge in [0, 0.05) is 17.5 Å². The monoisotopic (exact) mass is 287 g/mol. The summed E-state index contributed by atoms with van der Waals surface area (Å²) < 4.78 is 0.697. The number of amides is 1. The maximum Gasteiger partial charge on any atom is 0.244 e. The molecular formula is C13H18ClNO2S. The van der Waals surface area contributed by atoms with Gasteiger partial charge in [-0.25, -0.2) is 0 Å². The van der Waals surface area contributed by atoms with Crippen LogP contribution in [0, 0.1) is 5.92 Å². The van der Waals surface area contributed by atoms with Gasteiger partial charge in [0.15, 0.2) is 0 Å². The molecule has 0 fully saturated rings. The third-order valence-corrected chi connectivity index (χ3v) is 3.44. The normalized spacial score (nSPS) is 13.2. The summed E-state index contributed by atoms with van der Waals surface area (Å²) in [7, 11) is 0. The Morgan fingerprint density at radius 1 is 1.56 bits per heavy atom. The molecule has 1 amide bonds. The van der Waals surface area contributed by atoms with Crippen LogP contribution in [0.25, 0.3) is 6.08 Å². The topological polar surface area (TPSA) is 49.3 Å². The van der Waals surface area contributed by atoms with Crippen LogP contribution in [-0.4, -0.2) is 23.7 Å². The van der Waals surface area contributed by atoms with Crippen LogP contribution in [0.15, 0.2) is 18.2 Å². The van der Waals surface area contributed by atoms with Crippen molar-refractivity contribution in [3.8, 4) is 0 Å². The fourth-order valence-corrected chi connectivity index (χ4v) is 2.44. The molecule has 100 valence electrons. The first-order valence-corrected chi connectivity index (χ1v) is 7.06. The van der Waals surface area contributed by atoms with Gasteiger partial charge >= 0.3 is 0 Å². The molecule has 0 spiro atoms. The highest BCUT2D eigenvalue weighted by Crippen LogP contribution is 2.22. The lowest BCUT2D eigenvalue weighted by molar-refractivity contribution is -0.116. The predicted molar refractivity (Wildman–Crippen MR) is 76.8 cm³/mol. The van der Waals surface area contributed by atoms with Crippen LogP contribution in [0.5, 0.6) is 0 Å². The smallest absolute Gasteiger partial charge is 0.244 e. The molecule has 3 nitrogen and oxygen atoms in total. The molecule has 0 aliphatic heterocycles. The van der Waals surface area contributed by atoms with Crippen molar-refractivity contribution in [1.29, 1.82) is 0 Å². The van der Waals surface area contributed by atoms with Crippen LogP contribution in [0.4, 0.5) is 0 Å². The zero-order valence-electron chi connectivity index (χ0n) is 10.5. The molecule has 1 aromatic rings. The van der Waals surface area contributed by atoms with E-state index in [0.717, 1.165) is 4.88 Å². The Hall–Kier alpha value is -0.840. The standard InChI is InChI=1S/C13H18ClNO2S/c1-9(2)7-10(16)8-15-13(17)6-4-11-3-5-12(14)18-11/h3-6,9-10,16H,7-8H2,1-2H3,(H,15,17)/b6-4+. The Morgan fingerprint density at radius 2 is 2.28 bits per heavy atom. The summed E-state index contributed by atoms with van der Waals surface area (Å²) in [6, 6.07) is 3.64. The summed E-state index contributed by atoms with van der Waals surface area (Å²) in [4.78, 5) is 12.4. The average molecular weight is 288 g/mol. The molecule has 0 radical (unpaired) electrons. The molecule has 2 N–H and O–H groups in total. The molecule has 1 heterocycles. The number of nitrogens with one attached hydrogen (secondary N) is 1. The zero-order chi connectivity index (χ0) is 13.5. The summed E-state index contributed by atoms with van der Waals surface area (Å²) in [5, 5.41) is 12.3. The number of carbonyl (C=O) groups excluding carboxylic acids is 1.